The van der Waals surface area contributed by atoms with E-state index in [1.165, 1.54) is 18.5 Å². The number of nitrogens with zero attached hydrogens (tertiary/aromatic N) is 2. The highest BCUT2D eigenvalue weighted by atomic mass is 32.2. The van der Waals surface area contributed by atoms with Crippen LogP contribution in [0.3, 0.4) is 0 Å². The van der Waals surface area contributed by atoms with E-state index in [9.17, 15) is 13.2 Å². The zero-order valence-electron chi connectivity index (χ0n) is 14.5. The predicted octanol–water partition coefficient (Wildman–Crippen LogP) is 2.67. The summed E-state index contributed by atoms with van der Waals surface area (Å²) in [6.45, 7) is 4.04. The first-order valence-electron chi connectivity index (χ1n) is 8.07. The molecule has 7 heteroatoms. The third-order valence-corrected chi connectivity index (χ3v) is 5.55. The summed E-state index contributed by atoms with van der Waals surface area (Å²) >= 11 is 0. The number of amides is 1. The van der Waals surface area contributed by atoms with Crippen molar-refractivity contribution < 1.29 is 13.2 Å². The number of aryl methyl sites for hydroxylation is 2. The molecule has 0 aliphatic carbocycles. The zero-order valence-corrected chi connectivity index (χ0v) is 15.3. The van der Waals surface area contributed by atoms with Crippen LogP contribution < -0.4 is 5.32 Å². The molecule has 0 unspecified atom stereocenters. The largest absolute Gasteiger partial charge is 0.346 e. The maximum atomic E-state index is 12.6. The molecule has 3 aromatic rings. The summed E-state index contributed by atoms with van der Waals surface area (Å²) in [5.74, 6) is -0.355. The molecule has 0 saturated heterocycles. The van der Waals surface area contributed by atoms with Gasteiger partial charge in [-0.1, -0.05) is 23.8 Å². The van der Waals surface area contributed by atoms with E-state index < -0.39 is 10.0 Å². The molecular weight excluding hydrogens is 350 g/mol. The lowest BCUT2D eigenvalue weighted by molar-refractivity contribution is 0.0950. The number of hydrogen-bond donors (Lipinski definition) is 1. The van der Waals surface area contributed by atoms with Crippen LogP contribution in [0.1, 0.15) is 27.3 Å². The van der Waals surface area contributed by atoms with Crippen molar-refractivity contribution in [2.24, 2.45) is 0 Å². The van der Waals surface area contributed by atoms with Crippen LogP contribution in [0.5, 0.6) is 0 Å². The number of carbonyl (C=O) groups excluding carboxylic acids is 1. The molecule has 2 heterocycles. The number of aromatic nitrogens is 2. The normalized spacial score (nSPS) is 11.3. The third-order valence-electron chi connectivity index (χ3n) is 3.90. The Morgan fingerprint density at radius 3 is 2.50 bits per heavy atom. The molecule has 134 valence electrons. The highest BCUT2D eigenvalue weighted by Crippen LogP contribution is 2.16. The molecule has 0 aliphatic rings. The quantitative estimate of drug-likeness (QED) is 0.750. The first-order valence-corrected chi connectivity index (χ1v) is 9.51. The van der Waals surface area contributed by atoms with Gasteiger partial charge in [0, 0.05) is 18.1 Å². The first kappa shape index (κ1) is 17.9. The fourth-order valence-corrected chi connectivity index (χ4v) is 3.66. The van der Waals surface area contributed by atoms with Crippen LogP contribution in [-0.2, 0) is 16.6 Å². The van der Waals surface area contributed by atoms with Gasteiger partial charge in [0.05, 0.1) is 22.7 Å². The Balaban J connectivity index is 1.74. The Hall–Kier alpha value is -2.93. The Morgan fingerprint density at radius 1 is 1.08 bits per heavy atom. The molecule has 3 rings (SSSR count). The van der Waals surface area contributed by atoms with Gasteiger partial charge in [-0.2, -0.15) is 0 Å². The maximum Gasteiger partial charge on any atom is 0.267 e. The van der Waals surface area contributed by atoms with Gasteiger partial charge >= 0.3 is 0 Å². The molecule has 0 aliphatic heterocycles. The second-order valence-corrected chi connectivity index (χ2v) is 7.84. The van der Waals surface area contributed by atoms with E-state index in [-0.39, 0.29) is 22.9 Å². The average molecular weight is 369 g/mol. The molecule has 0 spiro atoms. The molecular formula is C19H19N3O3S. The van der Waals surface area contributed by atoms with E-state index in [2.05, 4.69) is 10.3 Å². The number of hydrogen-bond acceptors (Lipinski definition) is 4. The standard InChI is InChI=1S/C19H19N3O3S/c1-14-6-8-18(9-7-14)26(24,25)22-11-10-16(13-22)19(23)20-12-17-5-3-4-15(2)21-17/h3-11,13H,12H2,1-2H3,(H,20,23). The molecule has 0 bridgehead atoms. The van der Waals surface area contributed by atoms with Crippen molar-refractivity contribution in [2.45, 2.75) is 25.3 Å². The Morgan fingerprint density at radius 2 is 1.81 bits per heavy atom. The molecule has 1 N–H and O–H groups in total. The molecule has 1 amide bonds. The summed E-state index contributed by atoms with van der Waals surface area (Å²) in [6.07, 6.45) is 2.68. The lowest BCUT2D eigenvalue weighted by Crippen LogP contribution is -2.23. The Labute approximate surface area is 152 Å². The van der Waals surface area contributed by atoms with Gasteiger partial charge in [0.1, 0.15) is 0 Å². The SMILES string of the molecule is Cc1ccc(S(=O)(=O)n2ccc(C(=O)NCc3cccc(C)n3)c2)cc1. The Bertz CT molecular complexity index is 1040. The third kappa shape index (κ3) is 3.83. The summed E-state index contributed by atoms with van der Waals surface area (Å²) in [6, 6.07) is 13.6. The summed E-state index contributed by atoms with van der Waals surface area (Å²) in [5, 5.41) is 2.74. The van der Waals surface area contributed by atoms with E-state index >= 15 is 0 Å². The fourth-order valence-electron chi connectivity index (χ4n) is 2.46. The van der Waals surface area contributed by atoms with Crippen LogP contribution in [0.15, 0.2) is 65.8 Å². The van der Waals surface area contributed by atoms with Crippen molar-refractivity contribution in [1.29, 1.82) is 0 Å². The number of pyridine rings is 1. The average Bonchev–Trinajstić information content (AvgIpc) is 3.11. The van der Waals surface area contributed by atoms with Crippen LogP contribution in [-0.4, -0.2) is 23.3 Å². The molecule has 2 aromatic heterocycles. The molecule has 0 atom stereocenters. The highest BCUT2D eigenvalue weighted by molar-refractivity contribution is 7.90. The summed E-state index contributed by atoms with van der Waals surface area (Å²) in [4.78, 5) is 16.8. The predicted molar refractivity (Wildman–Crippen MR) is 98.3 cm³/mol. The number of carbonyl (C=O) groups is 1. The summed E-state index contributed by atoms with van der Waals surface area (Å²) in [7, 11) is -3.72. The van der Waals surface area contributed by atoms with E-state index in [0.29, 0.717) is 0 Å². The summed E-state index contributed by atoms with van der Waals surface area (Å²) < 4.78 is 26.3. The summed E-state index contributed by atoms with van der Waals surface area (Å²) in [5.41, 5.74) is 2.85. The minimum atomic E-state index is -3.72. The maximum absolute atomic E-state index is 12.6. The molecule has 26 heavy (non-hydrogen) atoms. The smallest absolute Gasteiger partial charge is 0.267 e. The van der Waals surface area contributed by atoms with Crippen molar-refractivity contribution in [3.63, 3.8) is 0 Å². The number of nitrogens with one attached hydrogen (secondary N) is 1. The monoisotopic (exact) mass is 369 g/mol. The van der Waals surface area contributed by atoms with Gasteiger partial charge in [-0.3, -0.25) is 9.78 Å². The minimum Gasteiger partial charge on any atom is -0.346 e. The van der Waals surface area contributed by atoms with E-state index in [1.807, 2.05) is 32.0 Å². The van der Waals surface area contributed by atoms with Crippen LogP contribution in [0.2, 0.25) is 0 Å². The van der Waals surface area contributed by atoms with Gasteiger partial charge in [-0.25, -0.2) is 12.4 Å². The number of rotatable bonds is 5. The minimum absolute atomic E-state index is 0.176. The fraction of sp³-hybridized carbons (Fsp3) is 0.158. The first-order chi connectivity index (χ1) is 12.4. The van der Waals surface area contributed by atoms with Crippen molar-refractivity contribution >= 4 is 15.9 Å². The van der Waals surface area contributed by atoms with Crippen molar-refractivity contribution in [3.05, 3.63) is 83.4 Å². The van der Waals surface area contributed by atoms with E-state index in [1.54, 1.807) is 24.3 Å². The second-order valence-electron chi connectivity index (χ2n) is 6.00. The van der Waals surface area contributed by atoms with Gasteiger partial charge in [-0.05, 0) is 44.2 Å². The Kier molecular flexibility index (Phi) is 4.90. The number of benzene rings is 1. The highest BCUT2D eigenvalue weighted by Gasteiger charge is 2.18. The van der Waals surface area contributed by atoms with E-state index in [0.717, 1.165) is 20.9 Å². The molecule has 0 radical (unpaired) electrons. The van der Waals surface area contributed by atoms with Gasteiger partial charge in [0.2, 0.25) is 0 Å². The van der Waals surface area contributed by atoms with Gasteiger partial charge in [0.25, 0.3) is 15.9 Å². The van der Waals surface area contributed by atoms with Gasteiger partial charge in [-0.15, -0.1) is 0 Å². The second kappa shape index (κ2) is 7.13. The van der Waals surface area contributed by atoms with Gasteiger partial charge < -0.3 is 5.32 Å². The molecule has 0 saturated carbocycles. The topological polar surface area (TPSA) is 81.1 Å². The van der Waals surface area contributed by atoms with Crippen molar-refractivity contribution in [1.82, 2.24) is 14.3 Å². The molecule has 0 fully saturated rings. The van der Waals surface area contributed by atoms with Gasteiger partial charge in [0.15, 0.2) is 0 Å². The zero-order chi connectivity index (χ0) is 18.7. The van der Waals surface area contributed by atoms with Crippen molar-refractivity contribution in [2.75, 3.05) is 0 Å². The van der Waals surface area contributed by atoms with Crippen LogP contribution >= 0.6 is 0 Å². The van der Waals surface area contributed by atoms with Crippen LogP contribution in [0.25, 0.3) is 0 Å². The molecule has 1 aromatic carbocycles. The van der Waals surface area contributed by atoms with E-state index in [4.69, 9.17) is 0 Å². The molecule has 6 nitrogen and oxygen atoms in total. The van der Waals surface area contributed by atoms with Crippen LogP contribution in [0, 0.1) is 13.8 Å². The lowest BCUT2D eigenvalue weighted by atomic mass is 10.2. The van der Waals surface area contributed by atoms with Crippen LogP contribution in [0.4, 0.5) is 0 Å². The van der Waals surface area contributed by atoms with Crippen molar-refractivity contribution in [3.8, 4) is 0 Å². The lowest BCUT2D eigenvalue weighted by Gasteiger charge is -2.06.